The predicted octanol–water partition coefficient (Wildman–Crippen LogP) is 4.55. The second-order valence-electron chi connectivity index (χ2n) is 6.11. The second-order valence-corrected chi connectivity index (χ2v) is 10.8. The molecule has 0 heterocycles. The van der Waals surface area contributed by atoms with Gasteiger partial charge in [0, 0.05) is 6.07 Å². The molecule has 0 aliphatic carbocycles. The minimum absolute atomic E-state index is 0.0272. The lowest BCUT2D eigenvalue weighted by Crippen LogP contribution is -2.44. The third-order valence-electron chi connectivity index (χ3n) is 3.39. The SMILES string of the molecule is CC(C)(C)[Si](C)(C)Oc1ccc(OC(F)(F)F)cc1N. The van der Waals surface area contributed by atoms with Gasteiger partial charge < -0.3 is 14.9 Å². The largest absolute Gasteiger partial charge is 0.573 e. The lowest BCUT2D eigenvalue weighted by molar-refractivity contribution is -0.274. The zero-order valence-corrected chi connectivity index (χ0v) is 13.3. The first-order chi connectivity index (χ1) is 8.82. The lowest BCUT2D eigenvalue weighted by atomic mass is 10.2. The summed E-state index contributed by atoms with van der Waals surface area (Å²) < 4.78 is 46.1. The first kappa shape index (κ1) is 16.7. The predicted molar refractivity (Wildman–Crippen MR) is 75.4 cm³/mol. The fourth-order valence-electron chi connectivity index (χ4n) is 1.24. The first-order valence-corrected chi connectivity index (χ1v) is 9.07. The monoisotopic (exact) mass is 307 g/mol. The van der Waals surface area contributed by atoms with Crippen molar-refractivity contribution in [2.24, 2.45) is 0 Å². The molecule has 1 aromatic carbocycles. The van der Waals surface area contributed by atoms with Crippen molar-refractivity contribution in [2.75, 3.05) is 5.73 Å². The Hall–Kier alpha value is -1.37. The molecule has 0 atom stereocenters. The van der Waals surface area contributed by atoms with Crippen molar-refractivity contribution in [3.8, 4) is 11.5 Å². The van der Waals surface area contributed by atoms with Crippen LogP contribution < -0.4 is 14.9 Å². The Morgan fingerprint density at radius 3 is 2.05 bits per heavy atom. The summed E-state index contributed by atoms with van der Waals surface area (Å²) in [6, 6.07) is 3.74. The van der Waals surface area contributed by atoms with Crippen LogP contribution in [0.25, 0.3) is 0 Å². The minimum Gasteiger partial charge on any atom is -0.542 e. The number of rotatable bonds is 3. The molecule has 1 aromatic rings. The Bertz CT molecular complexity index is 481. The number of benzene rings is 1. The molecule has 0 unspecified atom stereocenters. The van der Waals surface area contributed by atoms with Gasteiger partial charge in [0.2, 0.25) is 0 Å². The van der Waals surface area contributed by atoms with E-state index in [-0.39, 0.29) is 16.5 Å². The van der Waals surface area contributed by atoms with Gasteiger partial charge in [-0.3, -0.25) is 0 Å². The summed E-state index contributed by atoms with van der Waals surface area (Å²) in [5, 5.41) is -0.0272. The van der Waals surface area contributed by atoms with E-state index in [9.17, 15) is 13.2 Å². The van der Waals surface area contributed by atoms with Gasteiger partial charge in [0.1, 0.15) is 11.5 Å². The third kappa shape index (κ3) is 4.33. The smallest absolute Gasteiger partial charge is 0.542 e. The van der Waals surface area contributed by atoms with Gasteiger partial charge in [0.15, 0.2) is 0 Å². The van der Waals surface area contributed by atoms with Gasteiger partial charge in [-0.1, -0.05) is 20.8 Å². The first-order valence-electron chi connectivity index (χ1n) is 6.16. The molecule has 0 fully saturated rings. The molecule has 0 spiro atoms. The molecular formula is C13H20F3NO2Si. The van der Waals surface area contributed by atoms with E-state index in [2.05, 4.69) is 25.5 Å². The van der Waals surface area contributed by atoms with E-state index in [1.54, 1.807) is 0 Å². The van der Waals surface area contributed by atoms with Crippen LogP contribution in [0.3, 0.4) is 0 Å². The topological polar surface area (TPSA) is 44.5 Å². The zero-order valence-electron chi connectivity index (χ0n) is 12.3. The number of hydrogen-bond acceptors (Lipinski definition) is 3. The molecular weight excluding hydrogens is 287 g/mol. The summed E-state index contributed by atoms with van der Waals surface area (Å²) in [4.78, 5) is 0. The summed E-state index contributed by atoms with van der Waals surface area (Å²) in [5.41, 5.74) is 5.88. The quantitative estimate of drug-likeness (QED) is 0.658. The maximum Gasteiger partial charge on any atom is 0.573 e. The van der Waals surface area contributed by atoms with Crippen LogP contribution in [-0.2, 0) is 0 Å². The molecule has 7 heteroatoms. The highest BCUT2D eigenvalue weighted by Crippen LogP contribution is 2.39. The maximum absolute atomic E-state index is 12.1. The van der Waals surface area contributed by atoms with Gasteiger partial charge in [-0.25, -0.2) is 0 Å². The number of hydrogen-bond donors (Lipinski definition) is 1. The molecule has 0 amide bonds. The standard InChI is InChI=1S/C13H20F3NO2Si/c1-12(2,3)20(4,5)19-11-7-6-9(8-10(11)17)18-13(14,15)16/h6-8H,17H2,1-5H3. The van der Waals surface area contributed by atoms with Crippen molar-refractivity contribution < 1.29 is 22.3 Å². The van der Waals surface area contributed by atoms with Crippen LogP contribution in [0.1, 0.15) is 20.8 Å². The average Bonchev–Trinajstić information content (AvgIpc) is 2.18. The van der Waals surface area contributed by atoms with Crippen LogP contribution >= 0.6 is 0 Å². The van der Waals surface area contributed by atoms with Crippen LogP contribution in [0, 0.1) is 0 Å². The normalized spacial score (nSPS) is 13.2. The molecule has 0 aliphatic heterocycles. The van der Waals surface area contributed by atoms with Crippen molar-refractivity contribution in [2.45, 2.75) is 45.3 Å². The number of alkyl halides is 3. The van der Waals surface area contributed by atoms with Crippen LogP contribution in [0.5, 0.6) is 11.5 Å². The summed E-state index contributed by atoms with van der Waals surface area (Å²) >= 11 is 0. The highest BCUT2D eigenvalue weighted by Gasteiger charge is 2.39. The fraction of sp³-hybridized carbons (Fsp3) is 0.538. The summed E-state index contributed by atoms with van der Waals surface area (Å²) in [6.07, 6.45) is -4.73. The maximum atomic E-state index is 12.1. The van der Waals surface area contributed by atoms with E-state index in [4.69, 9.17) is 10.2 Å². The van der Waals surface area contributed by atoms with Gasteiger partial charge in [-0.2, -0.15) is 0 Å². The molecule has 0 aliphatic rings. The average molecular weight is 307 g/mol. The van der Waals surface area contributed by atoms with Gasteiger partial charge in [0.05, 0.1) is 5.69 Å². The summed E-state index contributed by atoms with van der Waals surface area (Å²) in [5.74, 6) is 0.0451. The van der Waals surface area contributed by atoms with Crippen LogP contribution in [0.2, 0.25) is 18.1 Å². The second kappa shape index (κ2) is 5.20. The van der Waals surface area contributed by atoms with Crippen molar-refractivity contribution in [3.63, 3.8) is 0 Å². The van der Waals surface area contributed by atoms with Crippen LogP contribution in [0.15, 0.2) is 18.2 Å². The number of anilines is 1. The van der Waals surface area contributed by atoms with Crippen LogP contribution in [0.4, 0.5) is 18.9 Å². The minimum atomic E-state index is -4.73. The lowest BCUT2D eigenvalue weighted by Gasteiger charge is -2.36. The molecule has 3 nitrogen and oxygen atoms in total. The molecule has 0 bridgehead atoms. The van der Waals surface area contributed by atoms with Crippen molar-refractivity contribution in [1.29, 1.82) is 0 Å². The van der Waals surface area contributed by atoms with Crippen molar-refractivity contribution in [1.82, 2.24) is 0 Å². The number of nitrogen functional groups attached to an aromatic ring is 1. The van der Waals surface area contributed by atoms with Gasteiger partial charge >= 0.3 is 6.36 Å². The Labute approximate surface area is 118 Å². The van der Waals surface area contributed by atoms with E-state index in [0.717, 1.165) is 6.07 Å². The van der Waals surface area contributed by atoms with Crippen molar-refractivity contribution >= 4 is 14.0 Å². The highest BCUT2D eigenvalue weighted by atomic mass is 28.4. The van der Waals surface area contributed by atoms with Gasteiger partial charge in [0.25, 0.3) is 8.32 Å². The summed E-state index contributed by atoms with van der Waals surface area (Å²) in [6.45, 7) is 10.3. The molecule has 20 heavy (non-hydrogen) atoms. The van der Waals surface area contributed by atoms with E-state index in [1.807, 2.05) is 13.1 Å². The Morgan fingerprint density at radius 1 is 1.10 bits per heavy atom. The Balaban J connectivity index is 2.95. The van der Waals surface area contributed by atoms with Gasteiger partial charge in [-0.15, -0.1) is 13.2 Å². The number of nitrogens with two attached hydrogens (primary N) is 1. The molecule has 0 saturated heterocycles. The molecule has 0 saturated carbocycles. The van der Waals surface area contributed by atoms with E-state index < -0.39 is 14.7 Å². The van der Waals surface area contributed by atoms with Crippen LogP contribution in [-0.4, -0.2) is 14.7 Å². The van der Waals surface area contributed by atoms with E-state index in [1.165, 1.54) is 12.1 Å². The molecule has 0 radical (unpaired) electrons. The fourth-order valence-corrected chi connectivity index (χ4v) is 2.29. The van der Waals surface area contributed by atoms with Gasteiger partial charge in [-0.05, 0) is 30.3 Å². The molecule has 1 rings (SSSR count). The van der Waals surface area contributed by atoms with Crippen molar-refractivity contribution in [3.05, 3.63) is 18.2 Å². The number of halogens is 3. The highest BCUT2D eigenvalue weighted by molar-refractivity contribution is 6.74. The van der Waals surface area contributed by atoms with E-state index >= 15 is 0 Å². The third-order valence-corrected chi connectivity index (χ3v) is 7.73. The molecule has 114 valence electrons. The molecule has 0 aromatic heterocycles. The summed E-state index contributed by atoms with van der Waals surface area (Å²) in [7, 11) is -2.08. The zero-order chi connectivity index (χ0) is 15.8. The Kier molecular flexibility index (Phi) is 4.33. The Morgan fingerprint density at radius 2 is 1.65 bits per heavy atom. The molecule has 2 N–H and O–H groups in total. The van der Waals surface area contributed by atoms with E-state index in [0.29, 0.717) is 5.75 Å². The number of ether oxygens (including phenoxy) is 1.